The van der Waals surface area contributed by atoms with E-state index < -0.39 is 48.2 Å². The highest BCUT2D eigenvalue weighted by Crippen LogP contribution is 2.66. The monoisotopic (exact) mass is 699 g/mol. The van der Waals surface area contributed by atoms with Crippen LogP contribution in [0.5, 0.6) is 0 Å². The van der Waals surface area contributed by atoms with E-state index in [2.05, 4.69) is 15.5 Å². The van der Waals surface area contributed by atoms with Crippen LogP contribution in [0.15, 0.2) is 30.3 Å². The molecule has 1 amide bonds. The van der Waals surface area contributed by atoms with E-state index in [4.69, 9.17) is 19.0 Å². The Balaban J connectivity index is 1.85. The number of rotatable bonds is 23. The first-order valence-corrected chi connectivity index (χ1v) is 20.1. The fraction of sp³-hybridized carbons (Fsp3) is 0.714. The zero-order valence-electron chi connectivity index (χ0n) is 25.8. The van der Waals surface area contributed by atoms with E-state index in [1.807, 2.05) is 0 Å². The van der Waals surface area contributed by atoms with E-state index in [1.54, 1.807) is 30.3 Å². The average molecular weight is 700 g/mol. The van der Waals surface area contributed by atoms with Crippen LogP contribution in [-0.4, -0.2) is 61.6 Å². The minimum absolute atomic E-state index is 0.000274. The fourth-order valence-corrected chi connectivity index (χ4v) is 8.19. The van der Waals surface area contributed by atoms with Crippen molar-refractivity contribution in [3.8, 4) is 0 Å². The van der Waals surface area contributed by atoms with Crippen molar-refractivity contribution in [1.29, 1.82) is 0 Å². The first-order valence-electron chi connectivity index (χ1n) is 15.5. The lowest BCUT2D eigenvalue weighted by molar-refractivity contribution is -0.133. The molecular formula is C28H48NO13P3. The molecule has 1 saturated heterocycles. The second kappa shape index (κ2) is 20.1. The molecule has 0 saturated carbocycles. The number of phosphoric ester groups is 1. The summed E-state index contributed by atoms with van der Waals surface area (Å²) in [4.78, 5) is 63.8. The molecule has 0 aliphatic carbocycles. The maximum atomic E-state index is 13.1. The molecule has 1 fully saturated rings. The largest absolute Gasteiger partial charge is 0.490 e. The van der Waals surface area contributed by atoms with Gasteiger partial charge in [-0.2, -0.15) is 8.62 Å². The fourth-order valence-electron chi connectivity index (χ4n) is 5.14. The number of hydrogen-bond donors (Lipinski definition) is 4. The van der Waals surface area contributed by atoms with Crippen LogP contribution in [0, 0.1) is 0 Å². The van der Waals surface area contributed by atoms with Crippen molar-refractivity contribution in [1.82, 2.24) is 4.90 Å². The maximum absolute atomic E-state index is 13.1. The van der Waals surface area contributed by atoms with Gasteiger partial charge in [-0.05, 0) is 18.6 Å². The normalized spacial score (nSPS) is 19.6. The Morgan fingerprint density at radius 2 is 1.31 bits per heavy atom. The van der Waals surface area contributed by atoms with Crippen LogP contribution in [0.3, 0.4) is 0 Å². The van der Waals surface area contributed by atoms with E-state index >= 15 is 0 Å². The second-order valence-electron chi connectivity index (χ2n) is 11.2. The van der Waals surface area contributed by atoms with Crippen molar-refractivity contribution in [2.45, 2.75) is 115 Å². The van der Waals surface area contributed by atoms with Crippen LogP contribution in [0.2, 0.25) is 0 Å². The summed E-state index contributed by atoms with van der Waals surface area (Å²) in [7, 11) is -16.6. The summed E-state index contributed by atoms with van der Waals surface area (Å²) in [6, 6.07) is 7.35. The van der Waals surface area contributed by atoms with Gasteiger partial charge in [-0.1, -0.05) is 102 Å². The molecule has 0 radical (unpaired) electrons. The molecule has 1 aromatic carbocycles. The Morgan fingerprint density at radius 3 is 1.84 bits per heavy atom. The summed E-state index contributed by atoms with van der Waals surface area (Å²) >= 11 is 0. The van der Waals surface area contributed by atoms with Gasteiger partial charge >= 0.3 is 29.4 Å². The summed E-state index contributed by atoms with van der Waals surface area (Å²) in [5.41, 5.74) is 0.305. The summed E-state index contributed by atoms with van der Waals surface area (Å²) < 4.78 is 52.6. The van der Waals surface area contributed by atoms with Gasteiger partial charge in [0.25, 0.3) is 0 Å². The van der Waals surface area contributed by atoms with Gasteiger partial charge in [-0.3, -0.25) is 9.32 Å². The molecule has 0 spiro atoms. The lowest BCUT2D eigenvalue weighted by Crippen LogP contribution is -2.38. The quantitative estimate of drug-likeness (QED) is 0.0538. The van der Waals surface area contributed by atoms with Crippen LogP contribution in [-0.2, 0) is 36.4 Å². The number of phosphoric acid groups is 3. The molecule has 1 aromatic rings. The minimum atomic E-state index is -5.69. The first-order chi connectivity index (χ1) is 21.2. The predicted molar refractivity (Wildman–Crippen MR) is 166 cm³/mol. The van der Waals surface area contributed by atoms with Crippen LogP contribution in [0.4, 0.5) is 0 Å². The Morgan fingerprint density at radius 1 is 0.778 bits per heavy atom. The van der Waals surface area contributed by atoms with Crippen LogP contribution >= 0.6 is 23.5 Å². The SMILES string of the molecule is CCCCCCCCCCCCCCCC(=O)N1C[C@H](OC(=O)c2ccccc2)C[C@H]1COP(=O)(O)OP(=O)(O)OP(=O)(O)O. The standard InChI is InChI=1S/C28H48NO13P3/c1-2-3-4-5-6-7-8-9-10-11-12-13-17-20-27(30)29-22-26(40-28(31)24-18-15-14-16-19-24)21-25(29)23-39-44(35,36)42-45(37,38)41-43(32,33)34/h14-16,18-19,25-26H,2-13,17,20-23H2,1H3,(H,35,36)(H,37,38)(H2,32,33,34)/t25-,26+/m0/s1. The number of esters is 1. The van der Waals surface area contributed by atoms with Crippen molar-refractivity contribution in [3.05, 3.63) is 35.9 Å². The van der Waals surface area contributed by atoms with Gasteiger partial charge in [-0.25, -0.2) is 18.5 Å². The molecule has 0 aromatic heterocycles. The number of benzene rings is 1. The maximum Gasteiger partial charge on any atom is 0.490 e. The van der Waals surface area contributed by atoms with Crippen molar-refractivity contribution >= 4 is 35.3 Å². The lowest BCUT2D eigenvalue weighted by atomic mass is 10.0. The zero-order chi connectivity index (χ0) is 33.3. The molecule has 14 nitrogen and oxygen atoms in total. The topological polar surface area (TPSA) is 206 Å². The van der Waals surface area contributed by atoms with E-state index in [9.17, 15) is 33.1 Å². The van der Waals surface area contributed by atoms with E-state index in [-0.39, 0.29) is 25.3 Å². The molecule has 1 heterocycles. The predicted octanol–water partition coefficient (Wildman–Crippen LogP) is 6.64. The highest BCUT2D eigenvalue weighted by Gasteiger charge is 2.43. The molecule has 4 atom stereocenters. The number of carbonyl (C=O) groups excluding carboxylic acids is 2. The number of hydrogen-bond acceptors (Lipinski definition) is 9. The number of carbonyl (C=O) groups is 2. The Bertz CT molecular complexity index is 1180. The van der Waals surface area contributed by atoms with Crippen LogP contribution in [0.25, 0.3) is 0 Å². The van der Waals surface area contributed by atoms with E-state index in [1.165, 1.54) is 56.3 Å². The lowest BCUT2D eigenvalue weighted by Gasteiger charge is -2.25. The molecule has 45 heavy (non-hydrogen) atoms. The second-order valence-corrected chi connectivity index (χ2v) is 15.6. The molecular weight excluding hydrogens is 651 g/mol. The molecule has 258 valence electrons. The number of nitrogens with zero attached hydrogens (tertiary/aromatic N) is 1. The summed E-state index contributed by atoms with van der Waals surface area (Å²) in [6.45, 7) is 1.55. The van der Waals surface area contributed by atoms with Crippen molar-refractivity contribution in [2.75, 3.05) is 13.2 Å². The summed E-state index contributed by atoms with van der Waals surface area (Å²) in [5.74, 6) is -0.894. The minimum Gasteiger partial charge on any atom is -0.457 e. The zero-order valence-corrected chi connectivity index (χ0v) is 28.5. The smallest absolute Gasteiger partial charge is 0.457 e. The van der Waals surface area contributed by atoms with Gasteiger partial charge in [0.15, 0.2) is 0 Å². The Hall–Kier alpha value is -1.43. The number of ether oxygens (including phenoxy) is 1. The molecule has 4 N–H and O–H groups in total. The summed E-state index contributed by atoms with van der Waals surface area (Å²) in [6.07, 6.45) is 14.4. The molecule has 1 aliphatic heterocycles. The highest BCUT2D eigenvalue weighted by molar-refractivity contribution is 7.66. The first kappa shape index (κ1) is 39.7. The average Bonchev–Trinajstić information content (AvgIpc) is 3.35. The number of likely N-dealkylation sites (tertiary alicyclic amines) is 1. The van der Waals surface area contributed by atoms with Gasteiger partial charge in [-0.15, -0.1) is 0 Å². The van der Waals surface area contributed by atoms with Crippen LogP contribution in [0.1, 0.15) is 114 Å². The van der Waals surface area contributed by atoms with Crippen LogP contribution < -0.4 is 0 Å². The van der Waals surface area contributed by atoms with Gasteiger partial charge in [0.1, 0.15) is 6.10 Å². The van der Waals surface area contributed by atoms with Crippen molar-refractivity contribution in [2.24, 2.45) is 0 Å². The van der Waals surface area contributed by atoms with Crippen molar-refractivity contribution < 1.29 is 60.7 Å². The molecule has 1 aliphatic rings. The number of unbranched alkanes of at least 4 members (excludes halogenated alkanes) is 12. The third-order valence-corrected chi connectivity index (χ3v) is 11.1. The van der Waals surface area contributed by atoms with Gasteiger partial charge in [0.05, 0.1) is 24.8 Å². The molecule has 17 heteroatoms. The number of amides is 1. The molecule has 0 bridgehead atoms. The Kier molecular flexibility index (Phi) is 17.7. The van der Waals surface area contributed by atoms with E-state index in [0.29, 0.717) is 12.0 Å². The van der Waals surface area contributed by atoms with Gasteiger partial charge < -0.3 is 29.2 Å². The van der Waals surface area contributed by atoms with Gasteiger partial charge in [0, 0.05) is 12.8 Å². The van der Waals surface area contributed by atoms with Gasteiger partial charge in [0.2, 0.25) is 5.91 Å². The molecule has 2 unspecified atom stereocenters. The third-order valence-electron chi connectivity index (χ3n) is 7.32. The highest BCUT2D eigenvalue weighted by atomic mass is 31.3. The third kappa shape index (κ3) is 17.3. The Labute approximate surface area is 265 Å². The van der Waals surface area contributed by atoms with Crippen molar-refractivity contribution in [3.63, 3.8) is 0 Å². The summed E-state index contributed by atoms with van der Waals surface area (Å²) in [5, 5.41) is 0. The molecule has 2 rings (SSSR count). The van der Waals surface area contributed by atoms with E-state index in [0.717, 1.165) is 25.7 Å².